The predicted octanol–water partition coefficient (Wildman–Crippen LogP) is 3.89. The number of hydrogen-bond donors (Lipinski definition) is 3. The molecule has 0 spiro atoms. The summed E-state index contributed by atoms with van der Waals surface area (Å²) in [7, 11) is 1.85. The van der Waals surface area contributed by atoms with Crippen molar-refractivity contribution in [2.24, 2.45) is 0 Å². The fourth-order valence-electron chi connectivity index (χ4n) is 3.59. The quantitative estimate of drug-likeness (QED) is 0.242. The van der Waals surface area contributed by atoms with E-state index in [0.29, 0.717) is 45.0 Å². The van der Waals surface area contributed by atoms with Crippen LogP contribution >= 0.6 is 11.3 Å². The van der Waals surface area contributed by atoms with E-state index in [4.69, 9.17) is 9.26 Å². The number of hydrogen-bond acceptors (Lipinski definition) is 10. The fourth-order valence-corrected chi connectivity index (χ4v) is 4.45. The van der Waals surface area contributed by atoms with Crippen LogP contribution in [0.15, 0.2) is 28.8 Å². The lowest BCUT2D eigenvalue weighted by molar-refractivity contribution is -0.116. The molecule has 2 aromatic heterocycles. The van der Waals surface area contributed by atoms with Crippen LogP contribution in [0.5, 0.6) is 0 Å². The van der Waals surface area contributed by atoms with Gasteiger partial charge in [0, 0.05) is 30.5 Å². The molecular weight excluding hydrogens is 508 g/mol. The van der Waals surface area contributed by atoms with Crippen molar-refractivity contribution >= 4 is 34.3 Å². The Kier molecular flexibility index (Phi) is 9.70. The van der Waals surface area contributed by atoms with Gasteiger partial charge in [-0.3, -0.25) is 9.59 Å². The van der Waals surface area contributed by atoms with Crippen molar-refractivity contribution in [1.82, 2.24) is 25.8 Å². The first kappa shape index (κ1) is 28.9. The number of carbonyl (C=O) groups excluding carboxylic acids is 3. The van der Waals surface area contributed by atoms with E-state index in [-0.39, 0.29) is 18.2 Å². The molecule has 38 heavy (non-hydrogen) atoms. The lowest BCUT2D eigenvalue weighted by Gasteiger charge is -2.19. The molecule has 2 heterocycles. The summed E-state index contributed by atoms with van der Waals surface area (Å²) in [6.07, 6.45) is 1.39. The normalized spacial score (nSPS) is 12.2. The minimum absolute atomic E-state index is 0.0412. The molecule has 3 aromatic rings. The van der Waals surface area contributed by atoms with Gasteiger partial charge in [0.1, 0.15) is 10.5 Å². The molecule has 0 bridgehead atoms. The Balaban J connectivity index is 1.67. The van der Waals surface area contributed by atoms with Gasteiger partial charge in [-0.15, -0.1) is 0 Å². The second kappa shape index (κ2) is 12.7. The molecule has 0 saturated carbocycles. The number of esters is 1. The van der Waals surface area contributed by atoms with Crippen LogP contribution in [-0.2, 0) is 9.53 Å². The lowest BCUT2D eigenvalue weighted by atomic mass is 10.1. The summed E-state index contributed by atoms with van der Waals surface area (Å²) in [6.45, 7) is 9.49. The highest BCUT2D eigenvalue weighted by atomic mass is 32.1. The zero-order chi connectivity index (χ0) is 27.9. The highest BCUT2D eigenvalue weighted by Crippen LogP contribution is 2.25. The van der Waals surface area contributed by atoms with E-state index in [1.54, 1.807) is 58.9 Å². The number of amides is 2. The van der Waals surface area contributed by atoms with Gasteiger partial charge >= 0.3 is 5.97 Å². The van der Waals surface area contributed by atoms with E-state index in [0.717, 1.165) is 24.3 Å². The van der Waals surface area contributed by atoms with Gasteiger partial charge in [-0.2, -0.15) is 4.98 Å². The van der Waals surface area contributed by atoms with Gasteiger partial charge in [-0.25, -0.2) is 9.78 Å². The average Bonchev–Trinajstić information content (AvgIpc) is 3.43. The molecule has 204 valence electrons. The van der Waals surface area contributed by atoms with Crippen LogP contribution in [0.2, 0.25) is 0 Å². The highest BCUT2D eigenvalue weighted by Gasteiger charge is 2.24. The SMILES string of the molecule is CNCCCC(CC(=O)Nc1nc(C)c(C(=O)OC(C)(C)C)s1)NC(=O)c1cccc(-c2noc(C)n2)c1. The molecule has 0 aliphatic carbocycles. The number of nitrogens with zero attached hydrogens (tertiary/aromatic N) is 3. The van der Waals surface area contributed by atoms with Crippen molar-refractivity contribution in [3.05, 3.63) is 46.3 Å². The average molecular weight is 543 g/mol. The topological polar surface area (TPSA) is 148 Å². The van der Waals surface area contributed by atoms with Crippen LogP contribution in [0.1, 0.15) is 71.6 Å². The zero-order valence-electron chi connectivity index (χ0n) is 22.5. The molecule has 0 saturated heterocycles. The molecule has 12 heteroatoms. The number of aromatic nitrogens is 3. The van der Waals surface area contributed by atoms with Gasteiger partial charge in [-0.05, 0) is 66.3 Å². The molecule has 0 fully saturated rings. The maximum Gasteiger partial charge on any atom is 0.350 e. The third kappa shape index (κ3) is 8.45. The standard InChI is InChI=1S/C26H34N6O5S/c1-15-21(24(35)36-26(3,4)5)38-25(28-15)31-20(33)14-19(11-8-12-27-6)30-23(34)18-10-7-9-17(13-18)22-29-16(2)37-32-22/h7,9-10,13,19,27H,8,11-12,14H2,1-6H3,(H,30,34)(H,28,31,33). The van der Waals surface area contributed by atoms with E-state index in [9.17, 15) is 14.4 Å². The van der Waals surface area contributed by atoms with E-state index in [1.807, 2.05) is 7.05 Å². The second-order valence-electron chi connectivity index (χ2n) is 9.82. The number of aryl methyl sites for hydroxylation is 2. The van der Waals surface area contributed by atoms with Crippen LogP contribution in [0.25, 0.3) is 11.4 Å². The molecule has 1 unspecified atom stereocenters. The Hall–Kier alpha value is -3.64. The number of anilines is 1. The van der Waals surface area contributed by atoms with E-state index >= 15 is 0 Å². The molecule has 3 N–H and O–H groups in total. The van der Waals surface area contributed by atoms with Crippen molar-refractivity contribution in [1.29, 1.82) is 0 Å². The van der Waals surface area contributed by atoms with Crippen LogP contribution < -0.4 is 16.0 Å². The molecule has 3 rings (SSSR count). The van der Waals surface area contributed by atoms with Crippen molar-refractivity contribution in [2.45, 2.75) is 65.5 Å². The van der Waals surface area contributed by atoms with Crippen LogP contribution in [0, 0.1) is 13.8 Å². The van der Waals surface area contributed by atoms with Gasteiger partial charge < -0.3 is 25.2 Å². The molecule has 0 aliphatic heterocycles. The number of benzene rings is 1. The van der Waals surface area contributed by atoms with Crippen LogP contribution in [0.3, 0.4) is 0 Å². The zero-order valence-corrected chi connectivity index (χ0v) is 23.3. The molecule has 1 atom stereocenters. The summed E-state index contributed by atoms with van der Waals surface area (Å²) in [5.41, 5.74) is 0.912. The third-order valence-corrected chi connectivity index (χ3v) is 6.34. The summed E-state index contributed by atoms with van der Waals surface area (Å²) >= 11 is 1.06. The van der Waals surface area contributed by atoms with Crippen molar-refractivity contribution in [3.8, 4) is 11.4 Å². The van der Waals surface area contributed by atoms with E-state index < -0.39 is 17.6 Å². The Labute approximate surface area is 225 Å². The number of ether oxygens (including phenoxy) is 1. The summed E-state index contributed by atoms with van der Waals surface area (Å²) in [4.78, 5) is 47.2. The predicted molar refractivity (Wildman–Crippen MR) is 144 cm³/mol. The molecule has 11 nitrogen and oxygen atoms in total. The van der Waals surface area contributed by atoms with Crippen molar-refractivity contribution in [2.75, 3.05) is 18.9 Å². The van der Waals surface area contributed by atoms with Crippen molar-refractivity contribution < 1.29 is 23.6 Å². The summed E-state index contributed by atoms with van der Waals surface area (Å²) in [6, 6.07) is 6.48. The number of nitrogens with one attached hydrogen (secondary N) is 3. The van der Waals surface area contributed by atoms with Gasteiger partial charge in [0.25, 0.3) is 5.91 Å². The van der Waals surface area contributed by atoms with Gasteiger partial charge in [0.05, 0.1) is 5.69 Å². The monoisotopic (exact) mass is 542 g/mol. The minimum atomic E-state index is -0.639. The Morgan fingerprint density at radius 2 is 1.92 bits per heavy atom. The first-order valence-corrected chi connectivity index (χ1v) is 13.1. The van der Waals surface area contributed by atoms with Gasteiger partial charge in [0.2, 0.25) is 17.6 Å². The highest BCUT2D eigenvalue weighted by molar-refractivity contribution is 7.17. The van der Waals surface area contributed by atoms with Crippen molar-refractivity contribution in [3.63, 3.8) is 0 Å². The summed E-state index contributed by atoms with van der Waals surface area (Å²) in [5.74, 6) is -0.291. The minimum Gasteiger partial charge on any atom is -0.456 e. The molecule has 1 aromatic carbocycles. The largest absolute Gasteiger partial charge is 0.456 e. The molecule has 0 aliphatic rings. The smallest absolute Gasteiger partial charge is 0.350 e. The molecule has 2 amide bonds. The fraction of sp³-hybridized carbons (Fsp3) is 0.462. The Bertz CT molecular complexity index is 1280. The maximum atomic E-state index is 13.1. The van der Waals surface area contributed by atoms with Gasteiger partial charge in [0.15, 0.2) is 5.13 Å². The summed E-state index contributed by atoms with van der Waals surface area (Å²) in [5, 5.41) is 13.0. The Morgan fingerprint density at radius 3 is 2.58 bits per heavy atom. The number of rotatable bonds is 11. The number of thiazole rings is 1. The molecule has 0 radical (unpaired) electrons. The second-order valence-corrected chi connectivity index (χ2v) is 10.8. The first-order valence-electron chi connectivity index (χ1n) is 12.3. The molecular formula is C26H34N6O5S. The Morgan fingerprint density at radius 1 is 1.16 bits per heavy atom. The van der Waals surface area contributed by atoms with E-state index in [2.05, 4.69) is 31.1 Å². The third-order valence-electron chi connectivity index (χ3n) is 5.28. The first-order chi connectivity index (χ1) is 17.9. The lowest BCUT2D eigenvalue weighted by Crippen LogP contribution is -2.38. The van der Waals surface area contributed by atoms with Crippen LogP contribution in [0.4, 0.5) is 5.13 Å². The number of carbonyl (C=O) groups is 3. The van der Waals surface area contributed by atoms with Gasteiger partial charge in [-0.1, -0.05) is 28.6 Å². The summed E-state index contributed by atoms with van der Waals surface area (Å²) < 4.78 is 10.5. The van der Waals surface area contributed by atoms with E-state index in [1.165, 1.54) is 0 Å². The van der Waals surface area contributed by atoms with Crippen LogP contribution in [-0.4, -0.2) is 58.1 Å². The maximum absolute atomic E-state index is 13.1.